The number of hydrogen-bond acceptors (Lipinski definition) is 0. The zero-order valence-corrected chi connectivity index (χ0v) is 10.5. The molecule has 0 heterocycles. The summed E-state index contributed by atoms with van der Waals surface area (Å²) in [4.78, 5) is 0. The number of hydrogen-bond donors (Lipinski definition) is 0. The molecule has 0 aliphatic heterocycles. The Morgan fingerprint density at radius 2 is 0.818 bits per heavy atom. The predicted molar refractivity (Wildman–Crippen MR) is 52.4 cm³/mol. The van der Waals surface area contributed by atoms with Gasteiger partial charge in [0.15, 0.2) is 0 Å². The molecule has 0 aliphatic rings. The van der Waals surface area contributed by atoms with Gasteiger partial charge in [-0.25, -0.2) is 0 Å². The molecular formula is C9H22ArSi. The molecule has 70 valence electrons. The van der Waals surface area contributed by atoms with Crippen LogP contribution < -0.4 is 0 Å². The van der Waals surface area contributed by atoms with E-state index in [0.717, 1.165) is 16.6 Å². The van der Waals surface area contributed by atoms with Crippen LogP contribution in [0, 0.1) is 37.7 Å². The largest absolute Gasteiger partial charge is 0.0654 e. The number of rotatable bonds is 3. The van der Waals surface area contributed by atoms with Crippen LogP contribution in [0.3, 0.4) is 0 Å². The van der Waals surface area contributed by atoms with E-state index in [0.29, 0.717) is 0 Å². The molecule has 0 aromatic carbocycles. The third-order valence-corrected chi connectivity index (χ3v) is 6.93. The molecule has 0 N–H and O–H groups in total. The third kappa shape index (κ3) is 5.67. The van der Waals surface area contributed by atoms with Crippen molar-refractivity contribution in [2.75, 3.05) is 0 Å². The molecule has 0 fully saturated rings. The van der Waals surface area contributed by atoms with E-state index in [1.54, 1.807) is 0 Å². The zero-order valence-electron chi connectivity index (χ0n) is 8.66. The molecule has 0 atom stereocenters. The standard InChI is InChI=1S/C9H22Si.Ar/c1-7(2)10(8(3)4)9(5)6;/h7-10H,1-6H3;. The Kier molecular flexibility index (Phi) is 9.44. The van der Waals surface area contributed by atoms with Crippen molar-refractivity contribution < 1.29 is 37.7 Å². The molecule has 0 saturated carbocycles. The van der Waals surface area contributed by atoms with Gasteiger partial charge in [-0.1, -0.05) is 58.2 Å². The van der Waals surface area contributed by atoms with Crippen LogP contribution in [0.15, 0.2) is 0 Å². The summed E-state index contributed by atoms with van der Waals surface area (Å²) >= 11 is 0. The second-order valence-electron chi connectivity index (χ2n) is 4.31. The average Bonchev–Trinajstić information content (AvgIpc) is 1.59. The van der Waals surface area contributed by atoms with Gasteiger partial charge in [0.1, 0.15) is 0 Å². The monoisotopic (exact) mass is 198 g/mol. The summed E-state index contributed by atoms with van der Waals surface area (Å²) < 4.78 is 0. The van der Waals surface area contributed by atoms with Crippen molar-refractivity contribution in [3.63, 3.8) is 0 Å². The second-order valence-corrected chi connectivity index (χ2v) is 9.46. The first-order valence-corrected chi connectivity index (χ1v) is 6.46. The fourth-order valence-electron chi connectivity index (χ4n) is 2.31. The quantitative estimate of drug-likeness (QED) is 0.609. The van der Waals surface area contributed by atoms with Gasteiger partial charge in [-0.05, 0) is 0 Å². The molecular weight excluding hydrogens is 176 g/mol. The van der Waals surface area contributed by atoms with Crippen LogP contribution in [0.2, 0.25) is 16.6 Å². The van der Waals surface area contributed by atoms with E-state index >= 15 is 0 Å². The Bertz CT molecular complexity index is 70.5. The Morgan fingerprint density at radius 1 is 0.636 bits per heavy atom. The van der Waals surface area contributed by atoms with Crippen LogP contribution in [-0.4, -0.2) is 8.80 Å². The maximum Gasteiger partial charge on any atom is 0.0445 e. The predicted octanol–water partition coefficient (Wildman–Crippen LogP) is 3.44. The van der Waals surface area contributed by atoms with Gasteiger partial charge in [-0.3, -0.25) is 0 Å². The minimum Gasteiger partial charge on any atom is -0.0654 e. The van der Waals surface area contributed by atoms with Gasteiger partial charge in [-0.15, -0.1) is 0 Å². The fraction of sp³-hybridized carbons (Fsp3) is 1.00. The SMILES string of the molecule is CC(C)[SiH](C(C)C)C(C)C.[Ar]. The Morgan fingerprint density at radius 3 is 0.818 bits per heavy atom. The van der Waals surface area contributed by atoms with Gasteiger partial charge >= 0.3 is 0 Å². The maximum atomic E-state index is 2.39. The van der Waals surface area contributed by atoms with E-state index in [9.17, 15) is 0 Å². The molecule has 0 bridgehead atoms. The van der Waals surface area contributed by atoms with Crippen molar-refractivity contribution in [3.05, 3.63) is 0 Å². The van der Waals surface area contributed by atoms with Crippen LogP contribution in [-0.2, 0) is 0 Å². The topological polar surface area (TPSA) is 0 Å². The summed E-state index contributed by atoms with van der Waals surface area (Å²) in [5.41, 5.74) is 2.92. The van der Waals surface area contributed by atoms with Crippen molar-refractivity contribution in [2.24, 2.45) is 0 Å². The molecule has 0 aliphatic carbocycles. The molecule has 0 saturated heterocycles. The van der Waals surface area contributed by atoms with E-state index in [2.05, 4.69) is 41.5 Å². The van der Waals surface area contributed by atoms with E-state index in [4.69, 9.17) is 0 Å². The molecule has 11 heavy (non-hydrogen) atoms. The van der Waals surface area contributed by atoms with Crippen molar-refractivity contribution >= 4 is 8.80 Å². The van der Waals surface area contributed by atoms with Crippen LogP contribution in [0.1, 0.15) is 41.5 Å². The van der Waals surface area contributed by atoms with Gasteiger partial charge in [-0.2, -0.15) is 0 Å². The van der Waals surface area contributed by atoms with Gasteiger partial charge < -0.3 is 0 Å². The van der Waals surface area contributed by atoms with E-state index < -0.39 is 8.80 Å². The third-order valence-electron chi connectivity index (χ3n) is 2.31. The first-order valence-electron chi connectivity index (χ1n) is 4.46. The maximum absolute atomic E-state index is 2.39. The summed E-state index contributed by atoms with van der Waals surface area (Å²) in [5.74, 6) is 0. The Hall–Kier alpha value is 1.48. The first-order chi connectivity index (χ1) is 4.46. The van der Waals surface area contributed by atoms with Crippen molar-refractivity contribution in [1.82, 2.24) is 0 Å². The van der Waals surface area contributed by atoms with E-state index in [1.807, 2.05) is 0 Å². The van der Waals surface area contributed by atoms with Crippen molar-refractivity contribution in [1.29, 1.82) is 0 Å². The molecule has 2 heteroatoms. The van der Waals surface area contributed by atoms with Crippen molar-refractivity contribution in [2.45, 2.75) is 58.2 Å². The van der Waals surface area contributed by atoms with Crippen LogP contribution in [0.25, 0.3) is 0 Å². The molecule has 0 nitrogen and oxygen atoms in total. The van der Waals surface area contributed by atoms with Crippen LogP contribution >= 0.6 is 0 Å². The van der Waals surface area contributed by atoms with Gasteiger partial charge in [0.05, 0.1) is 0 Å². The Balaban J connectivity index is 0. The van der Waals surface area contributed by atoms with E-state index in [-0.39, 0.29) is 37.7 Å². The first kappa shape index (κ1) is 15.0. The molecule has 0 rings (SSSR count). The molecule has 0 unspecified atom stereocenters. The second kappa shape index (κ2) is 6.94. The molecule has 0 spiro atoms. The average molecular weight is 198 g/mol. The molecule has 0 amide bonds. The Labute approximate surface area is 104 Å². The summed E-state index contributed by atoms with van der Waals surface area (Å²) in [6, 6.07) is 0. The van der Waals surface area contributed by atoms with E-state index in [1.165, 1.54) is 0 Å². The summed E-state index contributed by atoms with van der Waals surface area (Å²) in [6.45, 7) is 14.3. The fourth-order valence-corrected chi connectivity index (χ4v) is 6.93. The zero-order chi connectivity index (χ0) is 8.31. The molecule has 0 radical (unpaired) electrons. The minimum atomic E-state index is -0.454. The molecule has 0 aromatic heterocycles. The van der Waals surface area contributed by atoms with Gasteiger partial charge in [0.2, 0.25) is 0 Å². The van der Waals surface area contributed by atoms with Crippen LogP contribution in [0.5, 0.6) is 0 Å². The smallest absolute Gasteiger partial charge is 0.0445 e. The normalized spacial score (nSPS) is 11.5. The summed E-state index contributed by atoms with van der Waals surface area (Å²) in [5, 5.41) is 0. The summed E-state index contributed by atoms with van der Waals surface area (Å²) in [7, 11) is -0.454. The van der Waals surface area contributed by atoms with Gasteiger partial charge in [0, 0.05) is 46.5 Å². The van der Waals surface area contributed by atoms with Crippen molar-refractivity contribution in [3.8, 4) is 0 Å². The molecule has 0 aromatic rings. The van der Waals surface area contributed by atoms with Crippen LogP contribution in [0.4, 0.5) is 0 Å². The summed E-state index contributed by atoms with van der Waals surface area (Å²) in [6.07, 6.45) is 0. The van der Waals surface area contributed by atoms with Gasteiger partial charge in [0.25, 0.3) is 0 Å². The minimum absolute atomic E-state index is 0.